The fourth-order valence-electron chi connectivity index (χ4n) is 2.61. The van der Waals surface area contributed by atoms with Gasteiger partial charge in [0.15, 0.2) is 0 Å². The molecule has 2 N–H and O–H groups in total. The van der Waals surface area contributed by atoms with E-state index in [1.165, 1.54) is 18.4 Å². The number of halogens is 1. The maximum absolute atomic E-state index is 6.26. The Morgan fingerprint density at radius 3 is 2.85 bits per heavy atom. The number of rotatable bonds is 2. The molecular weight excluding hydrogens is 314 g/mol. The Labute approximate surface area is 125 Å². The van der Waals surface area contributed by atoms with Gasteiger partial charge in [-0.3, -0.25) is 4.40 Å². The number of hydrogen-bond acceptors (Lipinski definition) is 2. The van der Waals surface area contributed by atoms with Crippen LogP contribution in [0.25, 0.3) is 16.9 Å². The zero-order chi connectivity index (χ0) is 13.7. The van der Waals surface area contributed by atoms with Crippen molar-refractivity contribution in [3.8, 4) is 11.3 Å². The number of anilines is 1. The summed E-state index contributed by atoms with van der Waals surface area (Å²) in [5, 5.41) is 0. The molecular formula is C16H14BrN3. The van der Waals surface area contributed by atoms with Gasteiger partial charge in [0.2, 0.25) is 0 Å². The Hall–Kier alpha value is -1.81. The fraction of sp³-hybridized carbons (Fsp3) is 0.188. The van der Waals surface area contributed by atoms with Crippen LogP contribution in [0.2, 0.25) is 0 Å². The van der Waals surface area contributed by atoms with Crippen LogP contribution in [0, 0.1) is 0 Å². The molecule has 0 saturated heterocycles. The van der Waals surface area contributed by atoms with E-state index in [4.69, 9.17) is 5.73 Å². The second-order valence-corrected chi connectivity index (χ2v) is 6.24. The molecule has 20 heavy (non-hydrogen) atoms. The number of hydrogen-bond donors (Lipinski definition) is 1. The van der Waals surface area contributed by atoms with Crippen LogP contribution >= 0.6 is 15.9 Å². The number of aromatic nitrogens is 2. The number of imidazole rings is 1. The van der Waals surface area contributed by atoms with E-state index in [2.05, 4.69) is 45.2 Å². The molecule has 4 heteroatoms. The van der Waals surface area contributed by atoms with E-state index in [9.17, 15) is 0 Å². The normalized spacial score (nSPS) is 14.8. The van der Waals surface area contributed by atoms with Crippen molar-refractivity contribution in [2.45, 2.75) is 18.8 Å². The van der Waals surface area contributed by atoms with Crippen molar-refractivity contribution >= 4 is 27.4 Å². The molecule has 1 saturated carbocycles. The molecule has 0 radical (unpaired) electrons. The average molecular weight is 328 g/mol. The molecule has 100 valence electrons. The van der Waals surface area contributed by atoms with Crippen molar-refractivity contribution in [2.75, 3.05) is 5.73 Å². The zero-order valence-corrected chi connectivity index (χ0v) is 12.5. The number of nitrogens with zero attached hydrogens (tertiary/aromatic N) is 2. The Balaban J connectivity index is 1.89. The Kier molecular flexibility index (Phi) is 2.60. The van der Waals surface area contributed by atoms with Crippen molar-refractivity contribution in [2.24, 2.45) is 0 Å². The number of nitrogen functional groups attached to an aromatic ring is 1. The summed E-state index contributed by atoms with van der Waals surface area (Å²) in [5.41, 5.74) is 10.5. The van der Waals surface area contributed by atoms with E-state index in [0.717, 1.165) is 27.3 Å². The first kappa shape index (κ1) is 12.0. The topological polar surface area (TPSA) is 43.3 Å². The second kappa shape index (κ2) is 4.35. The van der Waals surface area contributed by atoms with Gasteiger partial charge in [-0.2, -0.15) is 0 Å². The Bertz CT molecular complexity index is 803. The maximum Gasteiger partial charge on any atom is 0.139 e. The molecule has 0 unspecified atom stereocenters. The molecule has 1 aliphatic rings. The molecule has 3 aromatic rings. The number of pyridine rings is 1. The third-order valence-corrected chi connectivity index (χ3v) is 4.30. The standard InChI is InChI=1S/C16H14BrN3/c17-13-6-7-14-19-15(16(18)20(14)9-13)12-3-1-2-11(8-12)10-4-5-10/h1-3,6-10H,4-5,18H2. The molecule has 2 heterocycles. The van der Waals surface area contributed by atoms with Gasteiger partial charge in [0, 0.05) is 16.2 Å². The summed E-state index contributed by atoms with van der Waals surface area (Å²) in [6.07, 6.45) is 4.56. The van der Waals surface area contributed by atoms with Gasteiger partial charge in [0.1, 0.15) is 17.2 Å². The highest BCUT2D eigenvalue weighted by atomic mass is 79.9. The van der Waals surface area contributed by atoms with Gasteiger partial charge in [-0.25, -0.2) is 4.98 Å². The monoisotopic (exact) mass is 327 g/mol. The van der Waals surface area contributed by atoms with Gasteiger partial charge < -0.3 is 5.73 Å². The van der Waals surface area contributed by atoms with Gasteiger partial charge in [0.05, 0.1) is 0 Å². The first-order valence-electron chi connectivity index (χ1n) is 6.76. The summed E-state index contributed by atoms with van der Waals surface area (Å²) in [4.78, 5) is 4.66. The van der Waals surface area contributed by atoms with Crippen LogP contribution in [0.5, 0.6) is 0 Å². The van der Waals surface area contributed by atoms with Gasteiger partial charge >= 0.3 is 0 Å². The predicted octanol–water partition coefficient (Wildman–Crippen LogP) is 4.22. The van der Waals surface area contributed by atoms with E-state index in [-0.39, 0.29) is 0 Å². The molecule has 3 nitrogen and oxygen atoms in total. The van der Waals surface area contributed by atoms with E-state index in [0.29, 0.717) is 5.82 Å². The predicted molar refractivity (Wildman–Crippen MR) is 84.7 cm³/mol. The summed E-state index contributed by atoms with van der Waals surface area (Å²) in [7, 11) is 0. The van der Waals surface area contributed by atoms with E-state index >= 15 is 0 Å². The molecule has 0 atom stereocenters. The number of nitrogens with two attached hydrogens (primary N) is 1. The lowest BCUT2D eigenvalue weighted by Crippen LogP contribution is -1.94. The van der Waals surface area contributed by atoms with Gasteiger partial charge in [-0.05, 0) is 58.5 Å². The van der Waals surface area contributed by atoms with Crippen molar-refractivity contribution in [1.82, 2.24) is 9.38 Å². The van der Waals surface area contributed by atoms with Crippen LogP contribution in [-0.2, 0) is 0 Å². The van der Waals surface area contributed by atoms with Gasteiger partial charge in [-0.1, -0.05) is 18.2 Å². The Morgan fingerprint density at radius 2 is 2.05 bits per heavy atom. The Morgan fingerprint density at radius 1 is 1.20 bits per heavy atom. The molecule has 4 rings (SSSR count). The largest absolute Gasteiger partial charge is 0.383 e. The molecule has 2 aromatic heterocycles. The van der Waals surface area contributed by atoms with Crippen LogP contribution in [0.3, 0.4) is 0 Å². The number of fused-ring (bicyclic) bond motifs is 1. The van der Waals surface area contributed by atoms with Crippen LogP contribution in [0.1, 0.15) is 24.3 Å². The quantitative estimate of drug-likeness (QED) is 0.765. The van der Waals surface area contributed by atoms with E-state index in [1.807, 2.05) is 22.7 Å². The molecule has 0 spiro atoms. The molecule has 0 amide bonds. The van der Waals surface area contributed by atoms with Crippen molar-refractivity contribution < 1.29 is 0 Å². The third kappa shape index (κ3) is 1.91. The smallest absolute Gasteiger partial charge is 0.139 e. The number of benzene rings is 1. The minimum Gasteiger partial charge on any atom is -0.383 e. The minimum absolute atomic E-state index is 0.689. The highest BCUT2D eigenvalue weighted by molar-refractivity contribution is 9.10. The van der Waals surface area contributed by atoms with E-state index < -0.39 is 0 Å². The van der Waals surface area contributed by atoms with Crippen LogP contribution in [-0.4, -0.2) is 9.38 Å². The summed E-state index contributed by atoms with van der Waals surface area (Å²) in [6.45, 7) is 0. The molecule has 0 bridgehead atoms. The first-order valence-corrected chi connectivity index (χ1v) is 7.55. The molecule has 1 fully saturated rings. The summed E-state index contributed by atoms with van der Waals surface area (Å²) in [6, 6.07) is 12.6. The van der Waals surface area contributed by atoms with Crippen molar-refractivity contribution in [3.63, 3.8) is 0 Å². The van der Waals surface area contributed by atoms with Crippen molar-refractivity contribution in [1.29, 1.82) is 0 Å². The van der Waals surface area contributed by atoms with Gasteiger partial charge in [-0.15, -0.1) is 0 Å². The highest BCUT2D eigenvalue weighted by Gasteiger charge is 2.24. The highest BCUT2D eigenvalue weighted by Crippen LogP contribution is 2.41. The maximum atomic E-state index is 6.26. The summed E-state index contributed by atoms with van der Waals surface area (Å²) in [5.74, 6) is 1.43. The van der Waals surface area contributed by atoms with Gasteiger partial charge in [0.25, 0.3) is 0 Å². The summed E-state index contributed by atoms with van der Waals surface area (Å²) >= 11 is 3.47. The lowest BCUT2D eigenvalue weighted by atomic mass is 10.1. The van der Waals surface area contributed by atoms with E-state index in [1.54, 1.807) is 0 Å². The second-order valence-electron chi connectivity index (χ2n) is 5.32. The SMILES string of the molecule is Nc1c(-c2cccc(C3CC3)c2)nc2ccc(Br)cn12. The zero-order valence-electron chi connectivity index (χ0n) is 10.9. The van der Waals surface area contributed by atoms with Crippen LogP contribution in [0.4, 0.5) is 5.82 Å². The fourth-order valence-corrected chi connectivity index (χ4v) is 2.94. The lowest BCUT2D eigenvalue weighted by molar-refractivity contribution is 1.13. The third-order valence-electron chi connectivity index (χ3n) is 3.83. The first-order chi connectivity index (χ1) is 9.72. The molecule has 0 aliphatic heterocycles. The minimum atomic E-state index is 0.689. The lowest BCUT2D eigenvalue weighted by Gasteiger charge is -2.03. The van der Waals surface area contributed by atoms with Crippen LogP contribution < -0.4 is 5.73 Å². The van der Waals surface area contributed by atoms with Crippen LogP contribution in [0.15, 0.2) is 47.1 Å². The molecule has 1 aliphatic carbocycles. The summed E-state index contributed by atoms with van der Waals surface area (Å²) < 4.78 is 2.91. The van der Waals surface area contributed by atoms with Crippen molar-refractivity contribution in [3.05, 3.63) is 52.6 Å². The average Bonchev–Trinajstić information content (AvgIpc) is 3.26. The molecule has 1 aromatic carbocycles.